The van der Waals surface area contributed by atoms with E-state index in [0.717, 1.165) is 78.5 Å². The number of hydrogen-bond acceptors (Lipinski definition) is 6. The normalized spacial score (nSPS) is 23.0. The Labute approximate surface area is 282 Å². The number of benzene rings is 1. The molecule has 5 aliphatic rings. The van der Waals surface area contributed by atoms with Crippen molar-refractivity contribution in [2.24, 2.45) is 0 Å². The van der Waals surface area contributed by atoms with Crippen LogP contribution < -0.4 is 10.6 Å². The SMILES string of the molecule is O=C(O[C@H](Cc1ccc(Br)c(Br)c1)C(=O)N1CCC(N2CCNCC2)CC1)N1CCC(N2CCC3=CCCC=C3NC2=O)CC1. The Bertz CT molecular complexity index is 1320. The zero-order valence-electron chi connectivity index (χ0n) is 25.8. The van der Waals surface area contributed by atoms with E-state index in [4.69, 9.17) is 4.74 Å². The fraction of sp³-hybridized carbons (Fsp3) is 0.606. The Hall–Kier alpha value is -2.41. The number of amides is 4. The summed E-state index contributed by atoms with van der Waals surface area (Å²) in [6.07, 6.45) is 9.34. The van der Waals surface area contributed by atoms with Gasteiger partial charge >= 0.3 is 12.1 Å². The summed E-state index contributed by atoms with van der Waals surface area (Å²) in [7, 11) is 0. The number of piperidine rings is 2. The summed E-state index contributed by atoms with van der Waals surface area (Å²) in [6, 6.07) is 6.36. The lowest BCUT2D eigenvalue weighted by Crippen LogP contribution is -2.54. The molecule has 0 radical (unpaired) electrons. The summed E-state index contributed by atoms with van der Waals surface area (Å²) in [5.74, 6) is -0.123. The van der Waals surface area contributed by atoms with E-state index in [1.165, 1.54) is 5.57 Å². The lowest BCUT2D eigenvalue weighted by molar-refractivity contribution is -0.142. The van der Waals surface area contributed by atoms with Crippen LogP contribution in [0.25, 0.3) is 0 Å². The summed E-state index contributed by atoms with van der Waals surface area (Å²) in [5, 5.41) is 6.52. The first kappa shape index (κ1) is 32.5. The average molecular weight is 749 g/mol. The van der Waals surface area contributed by atoms with Crippen LogP contribution >= 0.6 is 31.9 Å². The molecule has 4 saturated heterocycles. The van der Waals surface area contributed by atoms with Crippen molar-refractivity contribution in [2.45, 2.75) is 69.6 Å². The number of ether oxygens (including phenoxy) is 1. The molecule has 6 rings (SSSR count). The number of nitrogens with zero attached hydrogens (tertiary/aromatic N) is 4. The first-order chi connectivity index (χ1) is 21.9. The number of allylic oxidation sites excluding steroid dienone is 3. The molecule has 244 valence electrons. The molecule has 10 nitrogen and oxygen atoms in total. The summed E-state index contributed by atoms with van der Waals surface area (Å²) in [5.41, 5.74) is 3.10. The molecule has 1 aliphatic carbocycles. The number of rotatable bonds is 6. The molecule has 4 heterocycles. The molecule has 0 saturated carbocycles. The Morgan fingerprint density at radius 2 is 1.56 bits per heavy atom. The van der Waals surface area contributed by atoms with E-state index in [0.29, 0.717) is 58.0 Å². The van der Waals surface area contributed by atoms with E-state index < -0.39 is 12.2 Å². The maximum Gasteiger partial charge on any atom is 0.410 e. The van der Waals surface area contributed by atoms with Gasteiger partial charge in [0.25, 0.3) is 5.91 Å². The molecule has 0 unspecified atom stereocenters. The van der Waals surface area contributed by atoms with Gasteiger partial charge in [-0.05, 0) is 100 Å². The van der Waals surface area contributed by atoms with Gasteiger partial charge in [-0.3, -0.25) is 9.69 Å². The number of likely N-dealkylation sites (tertiary alicyclic amines) is 2. The van der Waals surface area contributed by atoms with Gasteiger partial charge in [-0.1, -0.05) is 18.2 Å². The first-order valence-electron chi connectivity index (χ1n) is 16.5. The quantitative estimate of drug-likeness (QED) is 0.441. The molecule has 0 spiro atoms. The van der Waals surface area contributed by atoms with Crippen molar-refractivity contribution in [2.75, 3.05) is 58.9 Å². The van der Waals surface area contributed by atoms with Crippen LogP contribution in [0.5, 0.6) is 0 Å². The van der Waals surface area contributed by atoms with Gasteiger partial charge in [0.2, 0.25) is 0 Å². The predicted molar refractivity (Wildman–Crippen MR) is 180 cm³/mol. The summed E-state index contributed by atoms with van der Waals surface area (Å²) < 4.78 is 7.87. The fourth-order valence-electron chi connectivity index (χ4n) is 7.29. The molecule has 1 aromatic carbocycles. The molecule has 4 amide bonds. The van der Waals surface area contributed by atoms with E-state index in [2.05, 4.69) is 59.5 Å². The summed E-state index contributed by atoms with van der Waals surface area (Å²) >= 11 is 7.09. The van der Waals surface area contributed by atoms with E-state index in [1.807, 2.05) is 28.0 Å². The molecule has 4 fully saturated rings. The van der Waals surface area contributed by atoms with E-state index in [-0.39, 0.29) is 18.0 Å². The molecule has 0 aromatic heterocycles. The van der Waals surface area contributed by atoms with Gasteiger partial charge in [0.05, 0.1) is 0 Å². The van der Waals surface area contributed by atoms with Crippen LogP contribution in [0.3, 0.4) is 0 Å². The number of halogens is 2. The lowest BCUT2D eigenvalue weighted by Gasteiger charge is -2.41. The molecule has 0 bridgehead atoms. The maximum atomic E-state index is 13.9. The van der Waals surface area contributed by atoms with Gasteiger partial charge in [-0.15, -0.1) is 0 Å². The Kier molecular flexibility index (Phi) is 10.8. The molecule has 12 heteroatoms. The van der Waals surface area contributed by atoms with Crippen molar-refractivity contribution in [3.63, 3.8) is 0 Å². The Morgan fingerprint density at radius 1 is 0.867 bits per heavy atom. The average Bonchev–Trinajstić information content (AvgIpc) is 3.24. The standard InChI is InChI=1S/C33H44Br2N6O4/c34-27-6-5-23(21-28(27)35)22-30(31(42)39-14-8-25(9-15-39)38-19-12-36-13-20-38)45-33(44)40-16-10-26(11-17-40)41-18-7-24-3-1-2-4-29(24)37-32(41)43/h3-6,21,25-26,30,36H,1-2,7-20,22H2,(H,37,43)/t30-/m1/s1. The third-order valence-electron chi connectivity index (χ3n) is 9.91. The molecule has 45 heavy (non-hydrogen) atoms. The number of fused-ring (bicyclic) bond motifs is 1. The number of urea groups is 1. The smallest absolute Gasteiger partial charge is 0.410 e. The summed E-state index contributed by atoms with van der Waals surface area (Å²) in [4.78, 5) is 48.6. The molecule has 4 aliphatic heterocycles. The van der Waals surface area contributed by atoms with Gasteiger partial charge < -0.3 is 30.1 Å². The van der Waals surface area contributed by atoms with Crippen molar-refractivity contribution >= 4 is 49.9 Å². The van der Waals surface area contributed by atoms with Crippen molar-refractivity contribution in [3.05, 3.63) is 56.1 Å². The molecule has 1 atom stereocenters. The minimum atomic E-state index is -0.902. The highest BCUT2D eigenvalue weighted by atomic mass is 79.9. The second-order valence-corrected chi connectivity index (χ2v) is 14.4. The minimum absolute atomic E-state index is 0.0559. The second-order valence-electron chi connectivity index (χ2n) is 12.7. The van der Waals surface area contributed by atoms with Gasteiger partial charge in [0.1, 0.15) is 0 Å². The van der Waals surface area contributed by atoms with Gasteiger partial charge in [0.15, 0.2) is 6.10 Å². The van der Waals surface area contributed by atoms with Crippen LogP contribution in [0, 0.1) is 0 Å². The highest BCUT2D eigenvalue weighted by Crippen LogP contribution is 2.28. The number of hydrogen-bond donors (Lipinski definition) is 2. The van der Waals surface area contributed by atoms with Crippen molar-refractivity contribution in [1.82, 2.24) is 30.2 Å². The topological polar surface area (TPSA) is 97.5 Å². The zero-order valence-corrected chi connectivity index (χ0v) is 29.0. The largest absolute Gasteiger partial charge is 0.436 e. The number of nitrogens with one attached hydrogen (secondary N) is 2. The number of piperazine rings is 1. The van der Waals surface area contributed by atoms with Gasteiger partial charge in [-0.25, -0.2) is 9.59 Å². The lowest BCUT2D eigenvalue weighted by atomic mass is 10.00. The highest BCUT2D eigenvalue weighted by Gasteiger charge is 2.36. The molecular weight excluding hydrogens is 704 g/mol. The van der Waals surface area contributed by atoms with Crippen LogP contribution in [0.2, 0.25) is 0 Å². The van der Waals surface area contributed by atoms with Crippen LogP contribution in [-0.2, 0) is 16.0 Å². The Balaban J connectivity index is 1.07. The summed E-state index contributed by atoms with van der Waals surface area (Å²) in [6.45, 7) is 7.11. The Morgan fingerprint density at radius 3 is 2.29 bits per heavy atom. The molecular formula is C33H44Br2N6O4. The fourth-order valence-corrected chi connectivity index (χ4v) is 7.96. The van der Waals surface area contributed by atoms with Crippen LogP contribution in [0.15, 0.2) is 50.6 Å². The van der Waals surface area contributed by atoms with Crippen LogP contribution in [0.1, 0.15) is 50.5 Å². The van der Waals surface area contributed by atoms with Crippen molar-refractivity contribution in [1.29, 1.82) is 0 Å². The highest BCUT2D eigenvalue weighted by molar-refractivity contribution is 9.13. The monoisotopic (exact) mass is 746 g/mol. The third-order valence-corrected chi connectivity index (χ3v) is 11.8. The minimum Gasteiger partial charge on any atom is -0.436 e. The van der Waals surface area contributed by atoms with E-state index in [1.54, 1.807) is 4.90 Å². The predicted octanol–water partition coefficient (Wildman–Crippen LogP) is 4.64. The van der Waals surface area contributed by atoms with Gasteiger partial charge in [-0.2, -0.15) is 0 Å². The van der Waals surface area contributed by atoms with Crippen LogP contribution in [-0.4, -0.2) is 115 Å². The van der Waals surface area contributed by atoms with E-state index in [9.17, 15) is 14.4 Å². The van der Waals surface area contributed by atoms with Crippen LogP contribution in [0.4, 0.5) is 9.59 Å². The molecule has 2 N–H and O–H groups in total. The zero-order chi connectivity index (χ0) is 31.3. The third kappa shape index (κ3) is 7.94. The van der Waals surface area contributed by atoms with E-state index >= 15 is 0 Å². The maximum absolute atomic E-state index is 13.9. The van der Waals surface area contributed by atoms with Crippen molar-refractivity contribution in [3.8, 4) is 0 Å². The van der Waals surface area contributed by atoms with Gasteiger partial charge in [0, 0.05) is 92.0 Å². The first-order valence-corrected chi connectivity index (χ1v) is 18.0. The van der Waals surface area contributed by atoms with Crippen molar-refractivity contribution < 1.29 is 19.1 Å². The number of carbonyl (C=O) groups is 3. The number of carbonyl (C=O) groups excluding carboxylic acids is 3. The molecule has 1 aromatic rings. The second kappa shape index (κ2) is 15.0.